The van der Waals surface area contributed by atoms with Crippen LogP contribution in [0.3, 0.4) is 0 Å². The van der Waals surface area contributed by atoms with Gasteiger partial charge in [-0.1, -0.05) is 0 Å². The van der Waals surface area contributed by atoms with E-state index in [0.29, 0.717) is 19.0 Å². The zero-order valence-corrected chi connectivity index (χ0v) is 19.2. The highest BCUT2D eigenvalue weighted by molar-refractivity contribution is 14.0. The van der Waals surface area contributed by atoms with Crippen molar-refractivity contribution in [2.24, 2.45) is 12.0 Å². The summed E-state index contributed by atoms with van der Waals surface area (Å²) in [6.45, 7) is 7.54. The second kappa shape index (κ2) is 10.7. The molecule has 0 aliphatic carbocycles. The van der Waals surface area contributed by atoms with Gasteiger partial charge in [-0.15, -0.1) is 24.0 Å². The number of rotatable bonds is 4. The van der Waals surface area contributed by atoms with Crippen molar-refractivity contribution in [2.45, 2.75) is 58.2 Å². The van der Waals surface area contributed by atoms with Crippen LogP contribution < -0.4 is 10.6 Å². The second-order valence-corrected chi connectivity index (χ2v) is 7.43. The smallest absolute Gasteiger partial charge is 0.410 e. The fourth-order valence-corrected chi connectivity index (χ4v) is 2.85. The maximum absolute atomic E-state index is 12.5. The highest BCUT2D eigenvalue weighted by atomic mass is 127. The van der Waals surface area contributed by atoms with Crippen LogP contribution in [-0.2, 0) is 18.3 Å². The number of guanidine groups is 1. The van der Waals surface area contributed by atoms with E-state index in [2.05, 4.69) is 25.7 Å². The van der Waals surface area contributed by atoms with E-state index in [1.165, 1.54) is 6.33 Å². The largest absolute Gasteiger partial charge is 0.444 e. The zero-order valence-electron chi connectivity index (χ0n) is 16.9. The van der Waals surface area contributed by atoms with Gasteiger partial charge in [-0.25, -0.2) is 9.78 Å². The molecule has 2 rings (SSSR count). The molecule has 154 valence electrons. The molecule has 1 aromatic heterocycles. The number of carbonyl (C=O) groups is 1. The van der Waals surface area contributed by atoms with Crippen LogP contribution in [0.4, 0.5) is 4.79 Å². The normalized spacial score (nSPS) is 17.9. The van der Waals surface area contributed by atoms with Gasteiger partial charge in [-0.2, -0.15) is 5.10 Å². The minimum atomic E-state index is -0.486. The molecule has 1 atom stereocenters. The number of aliphatic imine (C=N–C) groups is 1. The van der Waals surface area contributed by atoms with E-state index >= 15 is 0 Å². The summed E-state index contributed by atoms with van der Waals surface area (Å²) in [5, 5.41) is 10.6. The summed E-state index contributed by atoms with van der Waals surface area (Å²) in [6, 6.07) is 0.0898. The van der Waals surface area contributed by atoms with E-state index < -0.39 is 5.60 Å². The topological polar surface area (TPSA) is 96.7 Å². The van der Waals surface area contributed by atoms with Crippen molar-refractivity contribution in [3.63, 3.8) is 0 Å². The van der Waals surface area contributed by atoms with Gasteiger partial charge in [0.2, 0.25) is 0 Å². The molecule has 1 fully saturated rings. The number of carbonyl (C=O) groups excluding carboxylic acids is 1. The third kappa shape index (κ3) is 7.51. The van der Waals surface area contributed by atoms with Gasteiger partial charge in [0.1, 0.15) is 17.8 Å². The van der Waals surface area contributed by atoms with Crippen molar-refractivity contribution >= 4 is 36.0 Å². The highest BCUT2D eigenvalue weighted by Crippen LogP contribution is 2.20. The summed E-state index contributed by atoms with van der Waals surface area (Å²) < 4.78 is 7.26. The molecule has 10 heteroatoms. The van der Waals surface area contributed by atoms with Crippen LogP contribution in [0, 0.1) is 0 Å². The summed E-state index contributed by atoms with van der Waals surface area (Å²) >= 11 is 0. The standard InChI is InChI=1S/C17H31N7O2.HI/c1-17(2,3)26-16(25)24-9-7-6-8-13(24)10-19-15(18-4)20-11-14-21-12-22-23(14)5;/h12-13H,6-11H2,1-5H3,(H2,18,19,20);1H. The second-order valence-electron chi connectivity index (χ2n) is 7.43. The van der Waals surface area contributed by atoms with E-state index in [9.17, 15) is 4.79 Å². The minimum Gasteiger partial charge on any atom is -0.444 e. The van der Waals surface area contributed by atoms with Crippen LogP contribution in [0.2, 0.25) is 0 Å². The molecule has 1 unspecified atom stereocenters. The maximum atomic E-state index is 12.5. The molecule has 0 aromatic carbocycles. The fraction of sp³-hybridized carbons (Fsp3) is 0.765. The van der Waals surface area contributed by atoms with Crippen molar-refractivity contribution in [2.75, 3.05) is 20.1 Å². The average Bonchev–Trinajstić information content (AvgIpc) is 2.99. The molecular weight excluding hydrogens is 461 g/mol. The molecule has 9 nitrogen and oxygen atoms in total. The van der Waals surface area contributed by atoms with E-state index in [0.717, 1.165) is 31.6 Å². The number of aryl methyl sites for hydroxylation is 1. The number of halogens is 1. The lowest BCUT2D eigenvalue weighted by Crippen LogP contribution is -2.52. The third-order valence-corrected chi connectivity index (χ3v) is 4.20. The van der Waals surface area contributed by atoms with E-state index in [1.807, 2.05) is 32.7 Å². The number of nitrogens with one attached hydrogen (secondary N) is 2. The summed E-state index contributed by atoms with van der Waals surface area (Å²) in [5.74, 6) is 1.49. The van der Waals surface area contributed by atoms with Gasteiger partial charge in [0.05, 0.1) is 12.6 Å². The zero-order chi connectivity index (χ0) is 19.2. The number of hydrogen-bond donors (Lipinski definition) is 2. The molecule has 0 spiro atoms. The molecule has 1 aromatic rings. The highest BCUT2D eigenvalue weighted by Gasteiger charge is 2.30. The number of likely N-dealkylation sites (tertiary alicyclic amines) is 1. The molecule has 27 heavy (non-hydrogen) atoms. The first-order valence-corrected chi connectivity index (χ1v) is 9.07. The summed E-state index contributed by atoms with van der Waals surface area (Å²) in [4.78, 5) is 22.7. The minimum absolute atomic E-state index is 0. The lowest BCUT2D eigenvalue weighted by molar-refractivity contribution is 0.0104. The van der Waals surface area contributed by atoms with Crippen molar-refractivity contribution < 1.29 is 9.53 Å². The molecule has 1 amide bonds. The van der Waals surface area contributed by atoms with E-state index in [-0.39, 0.29) is 36.1 Å². The molecule has 1 aliphatic heterocycles. The van der Waals surface area contributed by atoms with Gasteiger partial charge in [0.15, 0.2) is 5.96 Å². The van der Waals surface area contributed by atoms with Gasteiger partial charge in [0, 0.05) is 27.2 Å². The van der Waals surface area contributed by atoms with Crippen molar-refractivity contribution in [1.29, 1.82) is 0 Å². The van der Waals surface area contributed by atoms with Crippen LogP contribution in [0.5, 0.6) is 0 Å². The van der Waals surface area contributed by atoms with E-state index in [4.69, 9.17) is 4.74 Å². The summed E-state index contributed by atoms with van der Waals surface area (Å²) in [6.07, 6.45) is 4.34. The molecule has 0 saturated carbocycles. The molecule has 0 radical (unpaired) electrons. The first-order valence-electron chi connectivity index (χ1n) is 9.07. The lowest BCUT2D eigenvalue weighted by atomic mass is 10.0. The fourth-order valence-electron chi connectivity index (χ4n) is 2.85. The molecule has 2 heterocycles. The molecular formula is C17H32IN7O2. The predicted molar refractivity (Wildman–Crippen MR) is 115 cm³/mol. The Balaban J connectivity index is 0.00000364. The number of nitrogens with zero attached hydrogens (tertiary/aromatic N) is 5. The average molecular weight is 493 g/mol. The Bertz CT molecular complexity index is 627. The van der Waals surface area contributed by atoms with Crippen LogP contribution in [0.15, 0.2) is 11.3 Å². The number of piperidine rings is 1. The quantitative estimate of drug-likeness (QED) is 0.378. The summed E-state index contributed by atoms with van der Waals surface area (Å²) in [5.41, 5.74) is -0.486. The summed E-state index contributed by atoms with van der Waals surface area (Å²) in [7, 11) is 3.57. The number of aromatic nitrogens is 3. The molecule has 2 N–H and O–H groups in total. The Morgan fingerprint density at radius 3 is 2.70 bits per heavy atom. The first kappa shape index (κ1) is 23.4. The van der Waals surface area contributed by atoms with Gasteiger partial charge < -0.3 is 20.3 Å². The number of ether oxygens (including phenoxy) is 1. The van der Waals surface area contributed by atoms with Gasteiger partial charge in [0.25, 0.3) is 0 Å². The Morgan fingerprint density at radius 2 is 2.11 bits per heavy atom. The Morgan fingerprint density at radius 1 is 1.37 bits per heavy atom. The van der Waals surface area contributed by atoms with Crippen molar-refractivity contribution in [3.05, 3.63) is 12.2 Å². The number of hydrogen-bond acceptors (Lipinski definition) is 5. The Hall–Kier alpha value is -1.59. The van der Waals surface area contributed by atoms with Gasteiger partial charge in [-0.3, -0.25) is 9.67 Å². The van der Waals surface area contributed by atoms with Gasteiger partial charge >= 0.3 is 6.09 Å². The Labute approximate surface area is 178 Å². The molecule has 0 bridgehead atoms. The van der Waals surface area contributed by atoms with Crippen molar-refractivity contribution in [1.82, 2.24) is 30.3 Å². The monoisotopic (exact) mass is 493 g/mol. The first-order chi connectivity index (χ1) is 12.3. The maximum Gasteiger partial charge on any atom is 0.410 e. The van der Waals surface area contributed by atoms with Crippen LogP contribution in [0.1, 0.15) is 45.9 Å². The van der Waals surface area contributed by atoms with Gasteiger partial charge in [-0.05, 0) is 40.0 Å². The third-order valence-electron chi connectivity index (χ3n) is 4.20. The van der Waals surface area contributed by atoms with E-state index in [1.54, 1.807) is 11.7 Å². The lowest BCUT2D eigenvalue weighted by Gasteiger charge is -2.37. The van der Waals surface area contributed by atoms with Crippen LogP contribution in [0.25, 0.3) is 0 Å². The Kier molecular flexibility index (Phi) is 9.27. The van der Waals surface area contributed by atoms with Crippen molar-refractivity contribution in [3.8, 4) is 0 Å². The van der Waals surface area contributed by atoms with Crippen LogP contribution >= 0.6 is 24.0 Å². The SMILES string of the molecule is CN=C(NCc1ncnn1C)NCC1CCCCN1C(=O)OC(C)(C)C.I. The molecule has 1 aliphatic rings. The molecule has 1 saturated heterocycles. The predicted octanol–water partition coefficient (Wildman–Crippen LogP) is 1.89. The number of amides is 1. The van der Waals surface area contributed by atoms with Crippen LogP contribution in [-0.4, -0.2) is 63.5 Å².